The summed E-state index contributed by atoms with van der Waals surface area (Å²) in [5.41, 5.74) is 9.67. The fraction of sp³-hybridized carbons (Fsp3) is 0. The highest BCUT2D eigenvalue weighted by Gasteiger charge is 2.14. The highest BCUT2D eigenvalue weighted by Crippen LogP contribution is 2.19. The standard InChI is InChI=1S/C19H16N4O4S/c20-15-8-6-14(7-9-15)19(24)22-21-16-10-12-17(13-11-16)23-27-28(25,26)18-4-2-1-3-5-18/h1-13,23H,20H2. The van der Waals surface area contributed by atoms with Gasteiger partial charge in [-0.2, -0.15) is 8.42 Å². The Morgan fingerprint density at radius 1 is 0.893 bits per heavy atom. The molecule has 3 aromatic rings. The highest BCUT2D eigenvalue weighted by molar-refractivity contribution is 7.86. The lowest BCUT2D eigenvalue weighted by Crippen LogP contribution is -2.11. The molecule has 0 fully saturated rings. The molecule has 0 bridgehead atoms. The van der Waals surface area contributed by atoms with Crippen molar-refractivity contribution in [2.45, 2.75) is 4.90 Å². The van der Waals surface area contributed by atoms with Gasteiger partial charge in [-0.25, -0.2) is 5.48 Å². The van der Waals surface area contributed by atoms with Gasteiger partial charge in [-0.3, -0.25) is 4.79 Å². The van der Waals surface area contributed by atoms with Crippen LogP contribution < -0.4 is 11.2 Å². The third-order valence-electron chi connectivity index (χ3n) is 3.58. The molecule has 0 aliphatic heterocycles. The molecule has 142 valence electrons. The summed E-state index contributed by atoms with van der Waals surface area (Å²) in [7, 11) is -3.93. The molecular formula is C19H16N4O4S. The Bertz CT molecular complexity index is 1080. The zero-order chi connectivity index (χ0) is 20.0. The molecule has 3 aromatic carbocycles. The van der Waals surface area contributed by atoms with Crippen molar-refractivity contribution in [1.29, 1.82) is 0 Å². The Kier molecular flexibility index (Phi) is 5.78. The number of benzene rings is 3. The maximum Gasteiger partial charge on any atom is 0.317 e. The van der Waals surface area contributed by atoms with E-state index in [-0.39, 0.29) is 4.90 Å². The number of nitrogen functional groups attached to an aromatic ring is 1. The summed E-state index contributed by atoms with van der Waals surface area (Å²) >= 11 is 0. The van der Waals surface area contributed by atoms with Gasteiger partial charge in [0.25, 0.3) is 5.91 Å². The molecule has 3 rings (SSSR count). The monoisotopic (exact) mass is 396 g/mol. The summed E-state index contributed by atoms with van der Waals surface area (Å²) in [6, 6.07) is 20.3. The molecule has 0 saturated heterocycles. The average molecular weight is 396 g/mol. The van der Waals surface area contributed by atoms with Crippen molar-refractivity contribution in [2.75, 3.05) is 11.2 Å². The smallest absolute Gasteiger partial charge is 0.317 e. The number of anilines is 2. The van der Waals surface area contributed by atoms with E-state index < -0.39 is 16.0 Å². The van der Waals surface area contributed by atoms with Gasteiger partial charge in [-0.1, -0.05) is 18.2 Å². The first-order chi connectivity index (χ1) is 13.4. The van der Waals surface area contributed by atoms with Crippen LogP contribution in [0, 0.1) is 0 Å². The van der Waals surface area contributed by atoms with Crippen LogP contribution in [0.15, 0.2) is 94.0 Å². The maximum atomic E-state index is 12.0. The molecular weight excluding hydrogens is 380 g/mol. The largest absolute Gasteiger partial charge is 0.399 e. The van der Waals surface area contributed by atoms with Crippen LogP contribution in [0.3, 0.4) is 0 Å². The van der Waals surface area contributed by atoms with Gasteiger partial charge in [0.2, 0.25) is 0 Å². The third-order valence-corrected chi connectivity index (χ3v) is 4.73. The van der Waals surface area contributed by atoms with Gasteiger partial charge >= 0.3 is 10.1 Å². The quantitative estimate of drug-likeness (QED) is 0.370. The van der Waals surface area contributed by atoms with E-state index in [9.17, 15) is 13.2 Å². The van der Waals surface area contributed by atoms with Gasteiger partial charge in [0.1, 0.15) is 0 Å². The number of nitrogens with one attached hydrogen (secondary N) is 1. The summed E-state index contributed by atoms with van der Waals surface area (Å²) in [6.45, 7) is 0. The molecule has 1 amide bonds. The minimum atomic E-state index is -3.93. The molecule has 0 aliphatic carbocycles. The van der Waals surface area contributed by atoms with Crippen molar-refractivity contribution in [1.82, 2.24) is 0 Å². The van der Waals surface area contributed by atoms with Gasteiger partial charge in [0.05, 0.1) is 16.3 Å². The molecule has 9 heteroatoms. The molecule has 8 nitrogen and oxygen atoms in total. The molecule has 0 saturated carbocycles. The summed E-state index contributed by atoms with van der Waals surface area (Å²) < 4.78 is 28.9. The SMILES string of the molecule is Nc1ccc(C(=O)N=Nc2ccc(NOS(=O)(=O)c3ccccc3)cc2)cc1. The van der Waals surface area contributed by atoms with E-state index in [1.54, 1.807) is 66.7 Å². The van der Waals surface area contributed by atoms with Crippen LogP contribution in [0.1, 0.15) is 10.4 Å². The van der Waals surface area contributed by atoms with Gasteiger partial charge in [0.15, 0.2) is 0 Å². The number of azo groups is 1. The number of hydrogen-bond acceptors (Lipinski definition) is 7. The lowest BCUT2D eigenvalue weighted by atomic mass is 10.2. The van der Waals surface area contributed by atoms with E-state index in [1.165, 1.54) is 12.1 Å². The number of hydrogen-bond donors (Lipinski definition) is 2. The van der Waals surface area contributed by atoms with Crippen molar-refractivity contribution in [2.24, 2.45) is 10.2 Å². The molecule has 0 unspecified atom stereocenters. The van der Waals surface area contributed by atoms with E-state index in [0.29, 0.717) is 22.6 Å². The fourth-order valence-corrected chi connectivity index (χ4v) is 2.91. The van der Waals surface area contributed by atoms with E-state index in [4.69, 9.17) is 10.0 Å². The number of nitrogens with zero attached hydrogens (tertiary/aromatic N) is 2. The second-order valence-corrected chi connectivity index (χ2v) is 7.17. The van der Waals surface area contributed by atoms with Gasteiger partial charge < -0.3 is 5.73 Å². The van der Waals surface area contributed by atoms with E-state index in [1.807, 2.05) is 0 Å². The zero-order valence-electron chi connectivity index (χ0n) is 14.5. The number of rotatable bonds is 6. The topological polar surface area (TPSA) is 123 Å². The Morgan fingerprint density at radius 3 is 2.18 bits per heavy atom. The molecule has 0 atom stereocenters. The van der Waals surface area contributed by atoms with Gasteiger partial charge in [0, 0.05) is 11.3 Å². The second kappa shape index (κ2) is 8.42. The molecule has 0 aliphatic rings. The van der Waals surface area contributed by atoms with Gasteiger partial charge in [-0.05, 0) is 60.7 Å². The van der Waals surface area contributed by atoms with Gasteiger partial charge in [-0.15, -0.1) is 14.5 Å². The third kappa shape index (κ3) is 5.00. The van der Waals surface area contributed by atoms with Crippen molar-refractivity contribution in [3.05, 3.63) is 84.4 Å². The van der Waals surface area contributed by atoms with Crippen molar-refractivity contribution in [3.63, 3.8) is 0 Å². The molecule has 28 heavy (non-hydrogen) atoms. The fourth-order valence-electron chi connectivity index (χ4n) is 2.12. The normalized spacial score (nSPS) is 11.4. The predicted molar refractivity (Wildman–Crippen MR) is 104 cm³/mol. The lowest BCUT2D eigenvalue weighted by molar-refractivity contribution is 0.0995. The van der Waals surface area contributed by atoms with E-state index in [0.717, 1.165) is 0 Å². The number of carbonyl (C=O) groups is 1. The van der Waals surface area contributed by atoms with Crippen molar-refractivity contribution >= 4 is 33.1 Å². The Hall–Kier alpha value is -3.56. The average Bonchev–Trinajstić information content (AvgIpc) is 2.72. The minimum Gasteiger partial charge on any atom is -0.399 e. The second-order valence-electron chi connectivity index (χ2n) is 5.63. The Morgan fingerprint density at radius 2 is 1.54 bits per heavy atom. The van der Waals surface area contributed by atoms with Crippen LogP contribution >= 0.6 is 0 Å². The van der Waals surface area contributed by atoms with Crippen LogP contribution in [-0.2, 0) is 14.4 Å². The first-order valence-corrected chi connectivity index (χ1v) is 9.51. The summed E-state index contributed by atoms with van der Waals surface area (Å²) in [5, 5.41) is 7.51. The molecule has 3 N–H and O–H groups in total. The van der Waals surface area contributed by atoms with Crippen LogP contribution in [0.2, 0.25) is 0 Å². The molecule has 0 radical (unpaired) electrons. The summed E-state index contributed by atoms with van der Waals surface area (Å²) in [5.74, 6) is -0.500. The highest BCUT2D eigenvalue weighted by atomic mass is 32.2. The molecule has 0 heterocycles. The summed E-state index contributed by atoms with van der Waals surface area (Å²) in [4.78, 5) is 12.0. The van der Waals surface area contributed by atoms with Crippen molar-refractivity contribution in [3.8, 4) is 0 Å². The number of carbonyl (C=O) groups excluding carboxylic acids is 1. The summed E-state index contributed by atoms with van der Waals surface area (Å²) in [6.07, 6.45) is 0. The molecule has 0 spiro atoms. The van der Waals surface area contributed by atoms with E-state index >= 15 is 0 Å². The minimum absolute atomic E-state index is 0.0362. The zero-order valence-corrected chi connectivity index (χ0v) is 15.3. The predicted octanol–water partition coefficient (Wildman–Crippen LogP) is 3.93. The van der Waals surface area contributed by atoms with Crippen LogP contribution in [0.25, 0.3) is 0 Å². The number of nitrogens with two attached hydrogens (primary N) is 1. The van der Waals surface area contributed by atoms with Crippen molar-refractivity contribution < 1.29 is 17.5 Å². The Balaban J connectivity index is 1.60. The van der Waals surface area contributed by atoms with E-state index in [2.05, 4.69) is 15.7 Å². The first-order valence-electron chi connectivity index (χ1n) is 8.10. The van der Waals surface area contributed by atoms with Crippen LogP contribution in [0.4, 0.5) is 17.1 Å². The lowest BCUT2D eigenvalue weighted by Gasteiger charge is -2.07. The maximum absolute atomic E-state index is 12.0. The number of amides is 1. The molecule has 0 aromatic heterocycles. The van der Waals surface area contributed by atoms with Crippen LogP contribution in [0.5, 0.6) is 0 Å². The van der Waals surface area contributed by atoms with Crippen LogP contribution in [-0.4, -0.2) is 14.3 Å². The Labute approximate surface area is 161 Å². The first kappa shape index (κ1) is 19.2.